The SMILES string of the molecule is CCc1cc(O)c2cc3c(nc2c1)-c1cc2c(c(=O)n1C3)COC(=O)C2(O)CC. The van der Waals surface area contributed by atoms with Gasteiger partial charge in [-0.15, -0.1) is 0 Å². The van der Waals surface area contributed by atoms with Crippen LogP contribution in [0.2, 0.25) is 0 Å². The predicted octanol–water partition coefficient (Wildman–Crippen LogP) is 2.35. The molecule has 2 aromatic heterocycles. The quantitative estimate of drug-likeness (QED) is 0.508. The lowest BCUT2D eigenvalue weighted by Crippen LogP contribution is -2.44. The molecule has 7 nitrogen and oxygen atoms in total. The molecule has 7 heteroatoms. The molecular weight excluding hydrogens is 372 g/mol. The maximum atomic E-state index is 13.1. The van der Waals surface area contributed by atoms with E-state index in [4.69, 9.17) is 9.72 Å². The molecule has 2 N–H and O–H groups in total. The Morgan fingerprint density at radius 2 is 2.00 bits per heavy atom. The minimum absolute atomic E-state index is 0.105. The van der Waals surface area contributed by atoms with Crippen LogP contribution >= 0.6 is 0 Å². The number of esters is 1. The van der Waals surface area contributed by atoms with Gasteiger partial charge in [0.05, 0.1) is 29.0 Å². The third-order valence-electron chi connectivity index (χ3n) is 6.07. The fourth-order valence-electron chi connectivity index (χ4n) is 4.32. The topological polar surface area (TPSA) is 102 Å². The Morgan fingerprint density at radius 3 is 2.72 bits per heavy atom. The van der Waals surface area contributed by atoms with E-state index in [0.717, 1.165) is 17.5 Å². The van der Waals surface area contributed by atoms with Gasteiger partial charge in [0, 0.05) is 16.5 Å². The van der Waals surface area contributed by atoms with Crippen LogP contribution in [0.5, 0.6) is 5.75 Å². The number of nitrogens with zero attached hydrogens (tertiary/aromatic N) is 2. The van der Waals surface area contributed by atoms with Crippen molar-refractivity contribution >= 4 is 16.9 Å². The maximum absolute atomic E-state index is 13.1. The summed E-state index contributed by atoms with van der Waals surface area (Å²) in [6.07, 6.45) is 0.866. The van der Waals surface area contributed by atoms with E-state index >= 15 is 0 Å². The number of carbonyl (C=O) groups is 1. The predicted molar refractivity (Wildman–Crippen MR) is 106 cm³/mol. The number of phenolic OH excluding ortho intramolecular Hbond substituents is 1. The third-order valence-corrected chi connectivity index (χ3v) is 6.07. The number of benzene rings is 1. The molecule has 0 bridgehead atoms. The van der Waals surface area contributed by atoms with Crippen LogP contribution in [-0.2, 0) is 34.7 Å². The van der Waals surface area contributed by atoms with Gasteiger partial charge >= 0.3 is 5.97 Å². The molecule has 0 aliphatic carbocycles. The van der Waals surface area contributed by atoms with Crippen molar-refractivity contribution in [3.05, 3.63) is 56.9 Å². The highest BCUT2D eigenvalue weighted by atomic mass is 16.6. The van der Waals surface area contributed by atoms with Crippen LogP contribution < -0.4 is 5.56 Å². The van der Waals surface area contributed by atoms with E-state index < -0.39 is 11.6 Å². The lowest BCUT2D eigenvalue weighted by atomic mass is 9.86. The van der Waals surface area contributed by atoms with Crippen molar-refractivity contribution in [3.8, 4) is 17.1 Å². The zero-order valence-corrected chi connectivity index (χ0v) is 16.2. The fraction of sp³-hybridized carbons (Fsp3) is 0.318. The molecule has 0 radical (unpaired) electrons. The summed E-state index contributed by atoms with van der Waals surface area (Å²) in [5.74, 6) is -0.573. The van der Waals surface area contributed by atoms with Gasteiger partial charge in [0.2, 0.25) is 0 Å². The molecule has 3 aromatic rings. The first-order chi connectivity index (χ1) is 13.9. The van der Waals surface area contributed by atoms with E-state index in [1.807, 2.05) is 19.1 Å². The van der Waals surface area contributed by atoms with E-state index in [1.165, 1.54) is 0 Å². The molecule has 0 saturated heterocycles. The zero-order valence-electron chi connectivity index (χ0n) is 16.2. The number of rotatable bonds is 2. The van der Waals surface area contributed by atoms with Crippen molar-refractivity contribution in [2.24, 2.45) is 0 Å². The fourth-order valence-corrected chi connectivity index (χ4v) is 4.32. The van der Waals surface area contributed by atoms with Gasteiger partial charge in [0.1, 0.15) is 12.4 Å². The molecule has 2 aliphatic rings. The molecule has 2 aliphatic heterocycles. The Bertz CT molecular complexity index is 1280. The molecule has 1 unspecified atom stereocenters. The van der Waals surface area contributed by atoms with Crippen LogP contribution in [-0.4, -0.2) is 25.7 Å². The molecule has 148 valence electrons. The summed E-state index contributed by atoms with van der Waals surface area (Å²) in [5, 5.41) is 21.9. The van der Waals surface area contributed by atoms with Crippen LogP contribution in [0.3, 0.4) is 0 Å². The summed E-state index contributed by atoms with van der Waals surface area (Å²) in [6, 6.07) is 7.20. The summed E-state index contributed by atoms with van der Waals surface area (Å²) < 4.78 is 6.67. The number of hydrogen-bond donors (Lipinski definition) is 2. The number of hydrogen-bond acceptors (Lipinski definition) is 6. The zero-order chi connectivity index (χ0) is 20.5. The lowest BCUT2D eigenvalue weighted by Gasteiger charge is -2.31. The van der Waals surface area contributed by atoms with Crippen LogP contribution in [0.15, 0.2) is 29.1 Å². The number of ether oxygens (including phenoxy) is 1. The molecule has 0 amide bonds. The molecule has 4 heterocycles. The first kappa shape index (κ1) is 17.9. The molecule has 29 heavy (non-hydrogen) atoms. The molecule has 1 aromatic carbocycles. The second kappa shape index (κ2) is 5.90. The molecule has 0 saturated carbocycles. The van der Waals surface area contributed by atoms with Crippen LogP contribution in [0.25, 0.3) is 22.3 Å². The Labute approximate surface area is 166 Å². The highest BCUT2D eigenvalue weighted by molar-refractivity contribution is 5.90. The largest absolute Gasteiger partial charge is 0.507 e. The van der Waals surface area contributed by atoms with Gasteiger partial charge in [0.25, 0.3) is 5.56 Å². The number of pyridine rings is 2. The normalized spacial score (nSPS) is 19.6. The van der Waals surface area contributed by atoms with Crippen molar-refractivity contribution in [1.29, 1.82) is 0 Å². The van der Waals surface area contributed by atoms with E-state index in [9.17, 15) is 19.8 Å². The highest BCUT2D eigenvalue weighted by Crippen LogP contribution is 2.39. The Balaban J connectivity index is 1.79. The number of carbonyl (C=O) groups excluding carboxylic acids is 1. The van der Waals surface area contributed by atoms with Crippen molar-refractivity contribution in [3.63, 3.8) is 0 Å². The standard InChI is InChI=1S/C22H20N2O5/c1-3-11-5-16-13(18(25)6-11)7-12-9-24-17(19(12)23-16)8-15-14(20(24)26)10-29-21(27)22(15,28)4-2/h5-8,25,28H,3-4,9-10H2,1-2H3. The van der Waals surface area contributed by atoms with Crippen molar-refractivity contribution in [1.82, 2.24) is 9.55 Å². The van der Waals surface area contributed by atoms with E-state index in [2.05, 4.69) is 0 Å². The van der Waals surface area contributed by atoms with Crippen LogP contribution in [0.4, 0.5) is 0 Å². The first-order valence-corrected chi connectivity index (χ1v) is 9.70. The minimum atomic E-state index is -1.84. The van der Waals surface area contributed by atoms with Crippen LogP contribution in [0.1, 0.15) is 42.5 Å². The van der Waals surface area contributed by atoms with Gasteiger partial charge in [-0.1, -0.05) is 13.8 Å². The van der Waals surface area contributed by atoms with E-state index in [0.29, 0.717) is 40.0 Å². The van der Waals surface area contributed by atoms with Gasteiger partial charge in [-0.05, 0) is 42.7 Å². The Morgan fingerprint density at radius 1 is 1.21 bits per heavy atom. The molecule has 0 fully saturated rings. The number of fused-ring (bicyclic) bond motifs is 5. The van der Waals surface area contributed by atoms with Gasteiger partial charge in [0.15, 0.2) is 5.60 Å². The molecular formula is C22H20N2O5. The Hall–Kier alpha value is -3.19. The van der Waals surface area contributed by atoms with Crippen molar-refractivity contribution in [2.45, 2.75) is 45.4 Å². The average Bonchev–Trinajstić information content (AvgIpc) is 3.08. The second-order valence-corrected chi connectivity index (χ2v) is 7.63. The number of aryl methyl sites for hydroxylation is 1. The first-order valence-electron chi connectivity index (χ1n) is 9.70. The summed E-state index contributed by atoms with van der Waals surface area (Å²) in [5.41, 5.74) is 2.07. The maximum Gasteiger partial charge on any atom is 0.343 e. The van der Waals surface area contributed by atoms with Gasteiger partial charge < -0.3 is 19.5 Å². The minimum Gasteiger partial charge on any atom is -0.507 e. The molecule has 0 spiro atoms. The van der Waals surface area contributed by atoms with Gasteiger partial charge in [-0.2, -0.15) is 0 Å². The van der Waals surface area contributed by atoms with Gasteiger partial charge in [-0.25, -0.2) is 9.78 Å². The van der Waals surface area contributed by atoms with E-state index in [-0.39, 0.29) is 24.3 Å². The molecule has 5 rings (SSSR count). The second-order valence-electron chi connectivity index (χ2n) is 7.63. The Kier molecular flexibility index (Phi) is 3.64. The highest BCUT2D eigenvalue weighted by Gasteiger charge is 2.45. The number of cyclic esters (lactones) is 1. The summed E-state index contributed by atoms with van der Waals surface area (Å²) in [6.45, 7) is 3.84. The van der Waals surface area contributed by atoms with Crippen LogP contribution in [0, 0.1) is 0 Å². The lowest BCUT2D eigenvalue weighted by molar-refractivity contribution is -0.172. The smallest absolute Gasteiger partial charge is 0.343 e. The average molecular weight is 392 g/mol. The van der Waals surface area contributed by atoms with Crippen molar-refractivity contribution in [2.75, 3.05) is 0 Å². The molecule has 1 atom stereocenters. The van der Waals surface area contributed by atoms with Crippen molar-refractivity contribution < 1.29 is 19.7 Å². The number of aliphatic hydroxyl groups is 1. The van der Waals surface area contributed by atoms with E-state index in [1.54, 1.807) is 23.6 Å². The third kappa shape index (κ3) is 2.31. The number of phenols is 1. The monoisotopic (exact) mass is 392 g/mol. The number of aromatic nitrogens is 2. The van der Waals surface area contributed by atoms with Gasteiger partial charge in [-0.3, -0.25) is 4.79 Å². The summed E-state index contributed by atoms with van der Waals surface area (Å²) >= 11 is 0. The summed E-state index contributed by atoms with van der Waals surface area (Å²) in [7, 11) is 0. The summed E-state index contributed by atoms with van der Waals surface area (Å²) in [4.78, 5) is 30.1. The number of aromatic hydroxyl groups is 1.